The summed E-state index contributed by atoms with van der Waals surface area (Å²) >= 11 is 10.1. The van der Waals surface area contributed by atoms with Gasteiger partial charge in [-0.25, -0.2) is 0 Å². The Kier molecular flexibility index (Phi) is 6.88. The molecular formula is C18H26BrClO. The monoisotopic (exact) mass is 372 g/mol. The molecule has 2 rings (SSSR count). The van der Waals surface area contributed by atoms with E-state index in [1.807, 2.05) is 18.2 Å². The van der Waals surface area contributed by atoms with E-state index in [1.54, 1.807) is 7.11 Å². The summed E-state index contributed by atoms with van der Waals surface area (Å²) in [5, 5.41) is 0.784. The van der Waals surface area contributed by atoms with Gasteiger partial charge in [0.1, 0.15) is 5.75 Å². The van der Waals surface area contributed by atoms with Crippen LogP contribution in [0.1, 0.15) is 62.3 Å². The Hall–Kier alpha value is -0.210. The van der Waals surface area contributed by atoms with Crippen LogP contribution in [0.3, 0.4) is 0 Å². The molecule has 0 aromatic heterocycles. The molecule has 1 aromatic carbocycles. The third kappa shape index (κ3) is 4.63. The fourth-order valence-corrected chi connectivity index (χ4v) is 4.50. The molecule has 0 N–H and O–H groups in total. The highest BCUT2D eigenvalue weighted by Crippen LogP contribution is 2.45. The normalized spacial score (nSPS) is 23.8. The number of halogens is 2. The van der Waals surface area contributed by atoms with E-state index >= 15 is 0 Å². The average molecular weight is 374 g/mol. The van der Waals surface area contributed by atoms with Crippen molar-refractivity contribution in [2.75, 3.05) is 7.11 Å². The molecule has 118 valence electrons. The maximum Gasteiger partial charge on any atom is 0.123 e. The van der Waals surface area contributed by atoms with E-state index in [0.29, 0.717) is 10.7 Å². The molecule has 1 aliphatic carbocycles. The smallest absolute Gasteiger partial charge is 0.123 e. The van der Waals surface area contributed by atoms with Crippen LogP contribution in [0.25, 0.3) is 0 Å². The Morgan fingerprint density at radius 2 is 2.00 bits per heavy atom. The summed E-state index contributed by atoms with van der Waals surface area (Å²) in [7, 11) is 1.73. The summed E-state index contributed by atoms with van der Waals surface area (Å²) in [4.78, 5) is 0.346. The number of methoxy groups -OCH3 is 1. The summed E-state index contributed by atoms with van der Waals surface area (Å²) in [5.41, 5.74) is 1.20. The van der Waals surface area contributed by atoms with Crippen molar-refractivity contribution in [3.05, 3.63) is 28.8 Å². The molecule has 21 heavy (non-hydrogen) atoms. The minimum Gasteiger partial charge on any atom is -0.496 e. The first-order valence-electron chi connectivity index (χ1n) is 8.13. The molecule has 0 radical (unpaired) electrons. The topological polar surface area (TPSA) is 9.23 Å². The molecule has 1 atom stereocenters. The molecule has 0 saturated heterocycles. The van der Waals surface area contributed by atoms with Gasteiger partial charge in [0.25, 0.3) is 0 Å². The number of benzene rings is 1. The van der Waals surface area contributed by atoms with Crippen molar-refractivity contribution in [2.24, 2.45) is 11.8 Å². The lowest BCUT2D eigenvalue weighted by atomic mass is 9.77. The van der Waals surface area contributed by atoms with Gasteiger partial charge in [-0.3, -0.25) is 0 Å². The molecule has 3 heteroatoms. The largest absolute Gasteiger partial charge is 0.496 e. The Bertz CT molecular complexity index is 441. The number of ether oxygens (including phenoxy) is 1. The number of rotatable bonds is 6. The van der Waals surface area contributed by atoms with E-state index in [9.17, 15) is 0 Å². The third-order valence-electron chi connectivity index (χ3n) is 4.76. The van der Waals surface area contributed by atoms with Crippen LogP contribution in [-0.4, -0.2) is 7.11 Å². The molecular weight excluding hydrogens is 348 g/mol. The van der Waals surface area contributed by atoms with Gasteiger partial charge in [0.2, 0.25) is 0 Å². The van der Waals surface area contributed by atoms with Crippen LogP contribution in [0.15, 0.2) is 18.2 Å². The molecule has 0 amide bonds. The number of hydrogen-bond donors (Lipinski definition) is 0. The van der Waals surface area contributed by atoms with E-state index in [0.717, 1.165) is 16.7 Å². The summed E-state index contributed by atoms with van der Waals surface area (Å²) in [6.45, 7) is 2.28. The third-order valence-corrected chi connectivity index (χ3v) is 6.24. The van der Waals surface area contributed by atoms with Crippen LogP contribution < -0.4 is 4.74 Å². The number of hydrogen-bond acceptors (Lipinski definition) is 1. The lowest BCUT2D eigenvalue weighted by molar-refractivity contribution is 0.256. The Balaban J connectivity index is 1.98. The van der Waals surface area contributed by atoms with Crippen LogP contribution in [0.2, 0.25) is 5.02 Å². The van der Waals surface area contributed by atoms with Crippen LogP contribution in [0.4, 0.5) is 0 Å². The van der Waals surface area contributed by atoms with Crippen molar-refractivity contribution in [3.63, 3.8) is 0 Å². The minimum absolute atomic E-state index is 0.346. The molecule has 0 spiro atoms. The molecule has 1 saturated carbocycles. The van der Waals surface area contributed by atoms with Gasteiger partial charge in [-0.15, -0.1) is 0 Å². The highest BCUT2D eigenvalue weighted by molar-refractivity contribution is 9.09. The molecule has 1 unspecified atom stereocenters. The van der Waals surface area contributed by atoms with Crippen LogP contribution in [-0.2, 0) is 0 Å². The molecule has 1 aliphatic rings. The first kappa shape index (κ1) is 17.1. The SMILES string of the molecule is CCCCC1CCC(C(Br)c2cc(Cl)ccc2OC)CC1. The molecule has 1 nitrogen and oxygen atoms in total. The van der Waals surface area contributed by atoms with Gasteiger partial charge in [0.05, 0.1) is 7.11 Å². The second-order valence-electron chi connectivity index (χ2n) is 6.21. The highest BCUT2D eigenvalue weighted by Gasteiger charge is 2.28. The average Bonchev–Trinajstić information content (AvgIpc) is 2.52. The van der Waals surface area contributed by atoms with Gasteiger partial charge in [-0.05, 0) is 42.9 Å². The summed E-state index contributed by atoms with van der Waals surface area (Å²) < 4.78 is 5.50. The second kappa shape index (κ2) is 8.43. The molecule has 1 fully saturated rings. The summed E-state index contributed by atoms with van der Waals surface area (Å²) in [5.74, 6) is 2.58. The van der Waals surface area contributed by atoms with Crippen molar-refractivity contribution in [1.82, 2.24) is 0 Å². The summed E-state index contributed by atoms with van der Waals surface area (Å²) in [6, 6.07) is 5.91. The molecule has 1 aromatic rings. The van der Waals surface area contributed by atoms with E-state index in [4.69, 9.17) is 16.3 Å². The maximum atomic E-state index is 6.16. The Morgan fingerprint density at radius 3 is 2.62 bits per heavy atom. The van der Waals surface area contributed by atoms with Gasteiger partial charge in [-0.2, -0.15) is 0 Å². The summed E-state index contributed by atoms with van der Waals surface area (Å²) in [6.07, 6.45) is 9.47. The first-order chi connectivity index (χ1) is 10.2. The second-order valence-corrected chi connectivity index (χ2v) is 7.63. The van der Waals surface area contributed by atoms with Gasteiger partial charge < -0.3 is 4.74 Å². The fraction of sp³-hybridized carbons (Fsp3) is 0.667. The zero-order chi connectivity index (χ0) is 15.2. The zero-order valence-corrected chi connectivity index (χ0v) is 15.4. The quantitative estimate of drug-likeness (QED) is 0.499. The Morgan fingerprint density at radius 1 is 1.29 bits per heavy atom. The predicted octanol–water partition coefficient (Wildman–Crippen LogP) is 6.78. The van der Waals surface area contributed by atoms with Gasteiger partial charge in [-0.1, -0.05) is 66.6 Å². The lowest BCUT2D eigenvalue weighted by Gasteiger charge is -2.32. The van der Waals surface area contributed by atoms with Crippen molar-refractivity contribution in [2.45, 2.75) is 56.7 Å². The first-order valence-corrected chi connectivity index (χ1v) is 9.42. The molecule has 0 heterocycles. The highest BCUT2D eigenvalue weighted by atomic mass is 79.9. The van der Waals surface area contributed by atoms with Crippen molar-refractivity contribution in [3.8, 4) is 5.75 Å². The van der Waals surface area contributed by atoms with E-state index < -0.39 is 0 Å². The van der Waals surface area contributed by atoms with E-state index in [-0.39, 0.29) is 0 Å². The van der Waals surface area contributed by atoms with Crippen LogP contribution in [0.5, 0.6) is 5.75 Å². The molecule has 0 bridgehead atoms. The van der Waals surface area contributed by atoms with Gasteiger partial charge in [0.15, 0.2) is 0 Å². The number of unbranched alkanes of at least 4 members (excludes halogenated alkanes) is 1. The zero-order valence-electron chi connectivity index (χ0n) is 13.1. The van der Waals surface area contributed by atoms with Gasteiger partial charge in [0, 0.05) is 15.4 Å². The van der Waals surface area contributed by atoms with Crippen LogP contribution >= 0.6 is 27.5 Å². The predicted molar refractivity (Wildman–Crippen MR) is 94.6 cm³/mol. The fourth-order valence-electron chi connectivity index (χ4n) is 3.44. The Labute approximate surface area is 142 Å². The number of alkyl halides is 1. The lowest BCUT2D eigenvalue weighted by Crippen LogP contribution is -2.18. The van der Waals surface area contributed by atoms with Crippen molar-refractivity contribution < 1.29 is 4.74 Å². The van der Waals surface area contributed by atoms with E-state index in [2.05, 4.69) is 22.9 Å². The molecule has 0 aliphatic heterocycles. The minimum atomic E-state index is 0.346. The standard InChI is InChI=1S/C18H26BrClO/c1-3-4-5-13-6-8-14(9-7-13)18(19)16-12-15(20)10-11-17(16)21-2/h10-14,18H,3-9H2,1-2H3. The van der Waals surface area contributed by atoms with Crippen LogP contribution in [0, 0.1) is 11.8 Å². The van der Waals surface area contributed by atoms with Crippen molar-refractivity contribution in [1.29, 1.82) is 0 Å². The van der Waals surface area contributed by atoms with E-state index in [1.165, 1.54) is 50.5 Å². The van der Waals surface area contributed by atoms with Crippen molar-refractivity contribution >= 4 is 27.5 Å². The maximum absolute atomic E-state index is 6.16. The van der Waals surface area contributed by atoms with Gasteiger partial charge >= 0.3 is 0 Å².